The van der Waals surface area contributed by atoms with Crippen molar-refractivity contribution in [1.29, 1.82) is 0 Å². The van der Waals surface area contributed by atoms with Crippen LogP contribution in [0.5, 0.6) is 0 Å². The normalized spacial score (nSPS) is 25.9. The maximum atomic E-state index is 12.8. The molecule has 0 saturated heterocycles. The molecule has 2 saturated carbocycles. The van der Waals surface area contributed by atoms with Crippen molar-refractivity contribution in [3.63, 3.8) is 0 Å². The van der Waals surface area contributed by atoms with Gasteiger partial charge in [-0.05, 0) is 67.6 Å². The van der Waals surface area contributed by atoms with E-state index in [-0.39, 0.29) is 5.91 Å². The van der Waals surface area contributed by atoms with Gasteiger partial charge in [-0.2, -0.15) is 0 Å². The van der Waals surface area contributed by atoms with Gasteiger partial charge in [0, 0.05) is 35.8 Å². The Labute approximate surface area is 135 Å². The number of halogens is 1. The van der Waals surface area contributed by atoms with E-state index in [0.29, 0.717) is 18.1 Å². The second kappa shape index (κ2) is 6.13. The molecule has 1 amide bonds. The zero-order valence-corrected chi connectivity index (χ0v) is 14.4. The lowest BCUT2D eigenvalue weighted by atomic mass is 9.90. The Morgan fingerprint density at radius 3 is 2.52 bits per heavy atom. The van der Waals surface area contributed by atoms with Gasteiger partial charge in [-0.15, -0.1) is 0 Å². The summed E-state index contributed by atoms with van der Waals surface area (Å²) >= 11 is 3.51. The van der Waals surface area contributed by atoms with E-state index >= 15 is 0 Å². The molecule has 2 aliphatic carbocycles. The Morgan fingerprint density at radius 1 is 1.29 bits per heavy atom. The second-order valence-electron chi connectivity index (χ2n) is 6.39. The fourth-order valence-electron chi connectivity index (χ4n) is 3.37. The lowest BCUT2D eigenvalue weighted by Gasteiger charge is -2.34. The van der Waals surface area contributed by atoms with Gasteiger partial charge >= 0.3 is 0 Å². The minimum absolute atomic E-state index is 0.167. The fraction of sp³-hybridized carbons (Fsp3) is 0.688. The van der Waals surface area contributed by atoms with Crippen LogP contribution in [0.2, 0.25) is 0 Å². The Kier molecular flexibility index (Phi) is 4.41. The average Bonchev–Trinajstić information content (AvgIpc) is 3.28. The topological polar surface area (TPSA) is 37.3 Å². The zero-order valence-electron chi connectivity index (χ0n) is 12.8. The highest BCUT2D eigenvalue weighted by Gasteiger charge is 2.31. The second-order valence-corrected chi connectivity index (χ2v) is 7.31. The Morgan fingerprint density at radius 2 is 1.95 bits per heavy atom. The minimum atomic E-state index is 0.167. The molecule has 1 aromatic heterocycles. The molecular weight excluding hydrogens is 330 g/mol. The molecule has 3 rings (SSSR count). The molecule has 2 fully saturated rings. The summed E-state index contributed by atoms with van der Waals surface area (Å²) in [5, 5.41) is 3.35. The van der Waals surface area contributed by atoms with Gasteiger partial charge in [0.05, 0.1) is 0 Å². The van der Waals surface area contributed by atoms with E-state index in [0.717, 1.165) is 35.8 Å². The number of carbonyl (C=O) groups excluding carboxylic acids is 1. The van der Waals surface area contributed by atoms with E-state index in [4.69, 9.17) is 0 Å². The van der Waals surface area contributed by atoms with Crippen LogP contribution in [0.1, 0.15) is 55.1 Å². The van der Waals surface area contributed by atoms with Gasteiger partial charge in [-0.3, -0.25) is 4.79 Å². The summed E-state index contributed by atoms with van der Waals surface area (Å²) in [6.45, 7) is 0. The predicted molar refractivity (Wildman–Crippen MR) is 87.6 cm³/mol. The molecule has 1 aromatic rings. The molecule has 0 aliphatic heterocycles. The molecule has 21 heavy (non-hydrogen) atoms. The molecule has 4 nitrogen and oxygen atoms in total. The summed E-state index contributed by atoms with van der Waals surface area (Å²) in [6, 6.07) is 3.50. The van der Waals surface area contributed by atoms with Crippen molar-refractivity contribution in [3.8, 4) is 0 Å². The molecule has 2 aliphatic rings. The third-order valence-electron chi connectivity index (χ3n) is 4.95. The number of carbonyl (C=O) groups is 1. The van der Waals surface area contributed by atoms with Gasteiger partial charge in [0.2, 0.25) is 0 Å². The molecule has 1 heterocycles. The predicted octanol–water partition coefficient (Wildman–Crippen LogP) is 3.19. The molecule has 0 spiro atoms. The zero-order chi connectivity index (χ0) is 15.0. The summed E-state index contributed by atoms with van der Waals surface area (Å²) in [4.78, 5) is 14.8. The molecule has 0 atom stereocenters. The first-order valence-corrected chi connectivity index (χ1v) is 8.71. The van der Waals surface area contributed by atoms with Crippen LogP contribution < -0.4 is 5.32 Å². The SMILES string of the molecule is CNC1CCC(N(C)C(=O)c2cc(Br)cn2C2CC2)CC1. The fourth-order valence-corrected chi connectivity index (χ4v) is 3.81. The molecule has 0 radical (unpaired) electrons. The average molecular weight is 354 g/mol. The number of hydrogen-bond donors (Lipinski definition) is 1. The summed E-state index contributed by atoms with van der Waals surface area (Å²) in [5.41, 5.74) is 0.836. The summed E-state index contributed by atoms with van der Waals surface area (Å²) < 4.78 is 3.16. The van der Waals surface area contributed by atoms with Gasteiger partial charge in [0.15, 0.2) is 0 Å². The van der Waals surface area contributed by atoms with Crippen LogP contribution in [0.15, 0.2) is 16.7 Å². The van der Waals surface area contributed by atoms with Gasteiger partial charge in [-0.25, -0.2) is 0 Å². The van der Waals surface area contributed by atoms with Crippen LogP contribution in [-0.4, -0.2) is 41.6 Å². The number of nitrogens with zero attached hydrogens (tertiary/aromatic N) is 2. The van der Waals surface area contributed by atoms with Crippen molar-refractivity contribution in [3.05, 3.63) is 22.4 Å². The first-order chi connectivity index (χ1) is 10.1. The number of aromatic nitrogens is 1. The number of hydrogen-bond acceptors (Lipinski definition) is 2. The highest BCUT2D eigenvalue weighted by Crippen LogP contribution is 2.38. The maximum absolute atomic E-state index is 12.8. The van der Waals surface area contributed by atoms with Crippen LogP contribution in [0.25, 0.3) is 0 Å². The maximum Gasteiger partial charge on any atom is 0.270 e. The van der Waals surface area contributed by atoms with E-state index in [1.54, 1.807) is 0 Å². The van der Waals surface area contributed by atoms with Crippen LogP contribution in [0.4, 0.5) is 0 Å². The lowest BCUT2D eigenvalue weighted by molar-refractivity contribution is 0.0674. The molecule has 1 N–H and O–H groups in total. The lowest BCUT2D eigenvalue weighted by Crippen LogP contribution is -2.43. The Balaban J connectivity index is 1.70. The summed E-state index contributed by atoms with van der Waals surface area (Å²) in [6.07, 6.45) is 8.95. The first kappa shape index (κ1) is 15.1. The molecule has 0 bridgehead atoms. The molecule has 0 unspecified atom stereocenters. The van der Waals surface area contributed by atoms with Gasteiger partial charge in [-0.1, -0.05) is 0 Å². The van der Waals surface area contributed by atoms with E-state index in [1.165, 1.54) is 12.8 Å². The Bertz CT molecular complexity index is 516. The van der Waals surface area contributed by atoms with Crippen molar-refractivity contribution < 1.29 is 4.79 Å². The van der Waals surface area contributed by atoms with E-state index in [2.05, 4.69) is 32.0 Å². The minimum Gasteiger partial charge on any atom is -0.339 e. The monoisotopic (exact) mass is 353 g/mol. The quantitative estimate of drug-likeness (QED) is 0.902. The molecule has 5 heteroatoms. The van der Waals surface area contributed by atoms with Crippen molar-refractivity contribution in [1.82, 2.24) is 14.8 Å². The standard InChI is InChI=1S/C16H24BrN3O/c1-18-12-3-5-13(6-4-12)19(2)16(21)15-9-11(17)10-20(15)14-7-8-14/h9-10,12-14,18H,3-8H2,1-2H3. The van der Waals surface area contributed by atoms with Crippen molar-refractivity contribution in [2.24, 2.45) is 0 Å². The van der Waals surface area contributed by atoms with Crippen LogP contribution >= 0.6 is 15.9 Å². The van der Waals surface area contributed by atoms with Gasteiger partial charge in [0.1, 0.15) is 5.69 Å². The van der Waals surface area contributed by atoms with E-state index in [9.17, 15) is 4.79 Å². The van der Waals surface area contributed by atoms with Crippen molar-refractivity contribution >= 4 is 21.8 Å². The number of nitrogens with one attached hydrogen (secondary N) is 1. The highest BCUT2D eigenvalue weighted by molar-refractivity contribution is 9.10. The van der Waals surface area contributed by atoms with Crippen molar-refractivity contribution in [2.75, 3.05) is 14.1 Å². The van der Waals surface area contributed by atoms with E-state index in [1.807, 2.05) is 25.1 Å². The van der Waals surface area contributed by atoms with Crippen LogP contribution in [-0.2, 0) is 0 Å². The molecule has 116 valence electrons. The number of amides is 1. The summed E-state index contributed by atoms with van der Waals surface area (Å²) in [7, 11) is 3.99. The smallest absolute Gasteiger partial charge is 0.270 e. The first-order valence-electron chi connectivity index (χ1n) is 7.92. The number of rotatable bonds is 4. The third kappa shape index (κ3) is 3.19. The largest absolute Gasteiger partial charge is 0.339 e. The van der Waals surface area contributed by atoms with Gasteiger partial charge in [0.25, 0.3) is 5.91 Å². The van der Waals surface area contributed by atoms with Crippen LogP contribution in [0, 0.1) is 0 Å². The summed E-state index contributed by atoms with van der Waals surface area (Å²) in [5.74, 6) is 0.167. The van der Waals surface area contributed by atoms with Crippen LogP contribution in [0.3, 0.4) is 0 Å². The molecule has 0 aromatic carbocycles. The van der Waals surface area contributed by atoms with Crippen molar-refractivity contribution in [2.45, 2.75) is 56.7 Å². The Hall–Kier alpha value is -0.810. The third-order valence-corrected chi connectivity index (χ3v) is 5.38. The van der Waals surface area contributed by atoms with E-state index < -0.39 is 0 Å². The highest BCUT2D eigenvalue weighted by atomic mass is 79.9. The van der Waals surface area contributed by atoms with Gasteiger partial charge < -0.3 is 14.8 Å². The molecular formula is C16H24BrN3O.